The molecule has 0 rings (SSSR count). The van der Waals surface area contributed by atoms with Crippen LogP contribution in [0.5, 0.6) is 0 Å². The van der Waals surface area contributed by atoms with Crippen molar-refractivity contribution < 1.29 is 28.6 Å². The molecule has 0 aliphatic heterocycles. The number of rotatable bonds is 57. The van der Waals surface area contributed by atoms with Gasteiger partial charge in [-0.1, -0.05) is 317 Å². The van der Waals surface area contributed by atoms with Gasteiger partial charge in [-0.15, -0.1) is 0 Å². The van der Waals surface area contributed by atoms with Gasteiger partial charge in [0, 0.05) is 19.3 Å². The molecule has 0 heterocycles. The van der Waals surface area contributed by atoms with Gasteiger partial charge >= 0.3 is 17.9 Å². The Morgan fingerprint density at radius 3 is 0.710 bits per heavy atom. The van der Waals surface area contributed by atoms with Crippen LogP contribution in [0.15, 0.2) is 0 Å². The lowest BCUT2D eigenvalue weighted by molar-refractivity contribution is -0.167. The molecule has 0 saturated heterocycles. The number of carbonyl (C=O) groups excluding carboxylic acids is 3. The Hall–Kier alpha value is -1.59. The summed E-state index contributed by atoms with van der Waals surface area (Å²) >= 11 is 0. The molecule has 6 heteroatoms. The van der Waals surface area contributed by atoms with Crippen molar-refractivity contribution in [2.45, 2.75) is 362 Å². The van der Waals surface area contributed by atoms with Crippen LogP contribution in [0.4, 0.5) is 0 Å². The monoisotopic (exact) mass is 975 g/mol. The van der Waals surface area contributed by atoms with Crippen LogP contribution in [0, 0.1) is 11.8 Å². The molecular formula is C63H122O6. The normalized spacial score (nSPS) is 12.0. The van der Waals surface area contributed by atoms with E-state index in [1.165, 1.54) is 244 Å². The molecule has 0 saturated carbocycles. The van der Waals surface area contributed by atoms with E-state index in [0.717, 1.165) is 69.6 Å². The summed E-state index contributed by atoms with van der Waals surface area (Å²) in [6.45, 7) is 11.4. The second-order valence-corrected chi connectivity index (χ2v) is 22.6. The van der Waals surface area contributed by atoms with E-state index in [-0.39, 0.29) is 31.1 Å². The number of carbonyl (C=O) groups is 3. The van der Waals surface area contributed by atoms with Gasteiger partial charge in [0.15, 0.2) is 6.10 Å². The molecule has 0 unspecified atom stereocenters. The van der Waals surface area contributed by atoms with Crippen molar-refractivity contribution in [1.82, 2.24) is 0 Å². The van der Waals surface area contributed by atoms with Gasteiger partial charge in [0.25, 0.3) is 0 Å². The molecule has 0 aliphatic rings. The molecule has 0 aromatic rings. The Kier molecular flexibility index (Phi) is 54.4. The molecule has 0 N–H and O–H groups in total. The van der Waals surface area contributed by atoms with E-state index < -0.39 is 6.10 Å². The molecular weight excluding hydrogens is 853 g/mol. The van der Waals surface area contributed by atoms with Gasteiger partial charge in [-0.05, 0) is 31.1 Å². The maximum absolute atomic E-state index is 12.9. The van der Waals surface area contributed by atoms with E-state index in [2.05, 4.69) is 34.6 Å². The second-order valence-electron chi connectivity index (χ2n) is 22.6. The zero-order chi connectivity index (χ0) is 50.4. The molecule has 1 atom stereocenters. The Bertz CT molecular complexity index is 1060. The van der Waals surface area contributed by atoms with Crippen molar-refractivity contribution in [3.8, 4) is 0 Å². The highest BCUT2D eigenvalue weighted by Crippen LogP contribution is 2.19. The molecule has 0 bridgehead atoms. The van der Waals surface area contributed by atoms with Gasteiger partial charge in [0.2, 0.25) is 0 Å². The summed E-state index contributed by atoms with van der Waals surface area (Å²) in [7, 11) is 0. The van der Waals surface area contributed by atoms with Crippen LogP contribution in [0.2, 0.25) is 0 Å². The van der Waals surface area contributed by atoms with Gasteiger partial charge in [-0.3, -0.25) is 14.4 Å². The van der Waals surface area contributed by atoms with Crippen molar-refractivity contribution in [2.75, 3.05) is 13.2 Å². The number of hydrogen-bond donors (Lipinski definition) is 0. The third kappa shape index (κ3) is 57.2. The van der Waals surface area contributed by atoms with E-state index in [9.17, 15) is 14.4 Å². The number of hydrogen-bond acceptors (Lipinski definition) is 6. The molecule has 69 heavy (non-hydrogen) atoms. The van der Waals surface area contributed by atoms with Crippen molar-refractivity contribution in [1.29, 1.82) is 0 Å². The van der Waals surface area contributed by atoms with Gasteiger partial charge in [0.05, 0.1) is 0 Å². The van der Waals surface area contributed by atoms with Crippen LogP contribution >= 0.6 is 0 Å². The summed E-state index contributed by atoms with van der Waals surface area (Å²) < 4.78 is 16.9. The minimum Gasteiger partial charge on any atom is -0.462 e. The topological polar surface area (TPSA) is 78.9 Å². The van der Waals surface area contributed by atoms with Gasteiger partial charge in [0.1, 0.15) is 13.2 Å². The summed E-state index contributed by atoms with van der Waals surface area (Å²) in [6.07, 6.45) is 61.1. The van der Waals surface area contributed by atoms with Crippen molar-refractivity contribution in [3.05, 3.63) is 0 Å². The first kappa shape index (κ1) is 67.4. The first-order valence-electron chi connectivity index (χ1n) is 31.2. The van der Waals surface area contributed by atoms with E-state index in [1.807, 2.05) is 0 Å². The summed E-state index contributed by atoms with van der Waals surface area (Å²) in [6, 6.07) is 0. The van der Waals surface area contributed by atoms with Crippen LogP contribution in [-0.2, 0) is 28.6 Å². The number of ether oxygens (including phenoxy) is 3. The zero-order valence-electron chi connectivity index (χ0n) is 47.5. The molecule has 0 aliphatic carbocycles. The van der Waals surface area contributed by atoms with Gasteiger partial charge < -0.3 is 14.2 Å². The van der Waals surface area contributed by atoms with Crippen molar-refractivity contribution in [2.24, 2.45) is 11.8 Å². The molecule has 6 nitrogen and oxygen atoms in total. The summed E-state index contributed by atoms with van der Waals surface area (Å²) in [5.41, 5.74) is 0. The number of unbranched alkanes of at least 4 members (excludes halogenated alkanes) is 42. The molecule has 0 aromatic heterocycles. The van der Waals surface area contributed by atoms with E-state index in [1.54, 1.807) is 0 Å². The fourth-order valence-corrected chi connectivity index (χ4v) is 9.76. The quantitative estimate of drug-likeness (QED) is 0.0343. The molecule has 0 radical (unpaired) electrons. The fraction of sp³-hybridized carbons (Fsp3) is 0.952. The molecule has 0 aromatic carbocycles. The van der Waals surface area contributed by atoms with Crippen LogP contribution in [0.3, 0.4) is 0 Å². The first-order chi connectivity index (χ1) is 33.7. The highest BCUT2D eigenvalue weighted by atomic mass is 16.6. The van der Waals surface area contributed by atoms with Crippen molar-refractivity contribution >= 4 is 17.9 Å². The maximum atomic E-state index is 12.9. The van der Waals surface area contributed by atoms with E-state index in [4.69, 9.17) is 14.2 Å². The molecule has 0 amide bonds. The Labute approximate surface area is 431 Å². The van der Waals surface area contributed by atoms with Crippen LogP contribution < -0.4 is 0 Å². The standard InChI is InChI=1S/C63H122O6/c1-6-7-8-9-10-11-12-13-14-15-16-21-24-27-30-33-40-45-50-55-63(66)69-60(57-68-62(65)54-49-44-39-35-34-37-42-47-52-59(4)5)56-67-61(64)53-48-43-38-32-29-26-23-20-18-17-19-22-25-28-31-36-41-46-51-58(2)3/h58-60H,6-57H2,1-5H3/t60-/m0/s1. The average molecular weight is 976 g/mol. The van der Waals surface area contributed by atoms with E-state index >= 15 is 0 Å². The summed E-state index contributed by atoms with van der Waals surface area (Å²) in [5.74, 6) is 0.819. The minimum absolute atomic E-state index is 0.0626. The first-order valence-corrected chi connectivity index (χ1v) is 31.2. The van der Waals surface area contributed by atoms with Crippen molar-refractivity contribution in [3.63, 3.8) is 0 Å². The Morgan fingerprint density at radius 2 is 0.478 bits per heavy atom. The SMILES string of the molecule is CCCCCCCCCCCCCCCCCCCCCC(=O)O[C@@H](COC(=O)CCCCCCCCCCCCCCCCCCCCC(C)C)COC(=O)CCCCCCCCCCC(C)C. The highest BCUT2D eigenvalue weighted by Gasteiger charge is 2.19. The summed E-state index contributed by atoms with van der Waals surface area (Å²) in [4.78, 5) is 38.2. The third-order valence-corrected chi connectivity index (χ3v) is 14.5. The summed E-state index contributed by atoms with van der Waals surface area (Å²) in [5, 5.41) is 0. The van der Waals surface area contributed by atoms with Gasteiger partial charge in [-0.2, -0.15) is 0 Å². The largest absolute Gasteiger partial charge is 0.462 e. The van der Waals surface area contributed by atoms with Crippen LogP contribution in [0.25, 0.3) is 0 Å². The average Bonchev–Trinajstić information content (AvgIpc) is 3.32. The lowest BCUT2D eigenvalue weighted by Crippen LogP contribution is -2.30. The van der Waals surface area contributed by atoms with E-state index in [0.29, 0.717) is 19.3 Å². The predicted molar refractivity (Wildman–Crippen MR) is 298 cm³/mol. The smallest absolute Gasteiger partial charge is 0.306 e. The molecule has 410 valence electrons. The second kappa shape index (κ2) is 55.7. The lowest BCUT2D eigenvalue weighted by atomic mass is 10.0. The third-order valence-electron chi connectivity index (χ3n) is 14.5. The van der Waals surface area contributed by atoms with Crippen LogP contribution in [-0.4, -0.2) is 37.2 Å². The maximum Gasteiger partial charge on any atom is 0.306 e. The fourth-order valence-electron chi connectivity index (χ4n) is 9.76. The number of esters is 3. The predicted octanol–water partition coefficient (Wildman–Crippen LogP) is 20.8. The molecule has 0 spiro atoms. The molecule has 0 fully saturated rings. The minimum atomic E-state index is -0.763. The Balaban J connectivity index is 4.21. The zero-order valence-corrected chi connectivity index (χ0v) is 47.5. The van der Waals surface area contributed by atoms with Gasteiger partial charge in [-0.25, -0.2) is 0 Å². The lowest BCUT2D eigenvalue weighted by Gasteiger charge is -2.18. The highest BCUT2D eigenvalue weighted by molar-refractivity contribution is 5.71. The van der Waals surface area contributed by atoms with Crippen LogP contribution in [0.1, 0.15) is 356 Å². The Morgan fingerprint density at radius 1 is 0.275 bits per heavy atom.